The quantitative estimate of drug-likeness (QED) is 0.722. The Balaban J connectivity index is 2.21. The van der Waals surface area contributed by atoms with Gasteiger partial charge in [-0.3, -0.25) is 0 Å². The summed E-state index contributed by atoms with van der Waals surface area (Å²) in [6, 6.07) is 12.4. The van der Waals surface area contributed by atoms with Gasteiger partial charge < -0.3 is 15.2 Å². The fourth-order valence-corrected chi connectivity index (χ4v) is 2.77. The van der Waals surface area contributed by atoms with Crippen LogP contribution < -0.4 is 10.1 Å². The second-order valence-corrected chi connectivity index (χ2v) is 5.69. The Morgan fingerprint density at radius 2 is 2.00 bits per heavy atom. The molecule has 0 atom stereocenters. The first-order valence-corrected chi connectivity index (χ1v) is 7.62. The first kappa shape index (κ1) is 16.1. The minimum atomic E-state index is -1.07. The molecule has 0 amide bonds. The van der Waals surface area contributed by atoms with E-state index in [0.717, 1.165) is 5.56 Å². The first-order valence-electron chi connectivity index (χ1n) is 7.24. The van der Waals surface area contributed by atoms with E-state index in [9.17, 15) is 9.90 Å². The maximum Gasteiger partial charge on any atom is 0.339 e. The molecule has 2 aromatic carbocycles. The normalized spacial score (nSPS) is 10.6. The summed E-state index contributed by atoms with van der Waals surface area (Å²) >= 11 is 6.23. The van der Waals surface area contributed by atoms with E-state index in [1.165, 1.54) is 0 Å². The van der Waals surface area contributed by atoms with Crippen LogP contribution in [0.5, 0.6) is 5.75 Å². The molecule has 3 rings (SSSR count). The molecule has 122 valence electrons. The summed E-state index contributed by atoms with van der Waals surface area (Å²) in [5.74, 6) is -0.279. The smallest absolute Gasteiger partial charge is 0.339 e. The highest BCUT2D eigenvalue weighted by Crippen LogP contribution is 2.32. The van der Waals surface area contributed by atoms with Gasteiger partial charge in [-0.15, -0.1) is 0 Å². The highest BCUT2D eigenvalue weighted by atomic mass is 35.5. The lowest BCUT2D eigenvalue weighted by Gasteiger charge is -2.14. The second-order valence-electron chi connectivity index (χ2n) is 5.28. The fraction of sp³-hybridized carbons (Fsp3) is 0.111. The third-order valence-corrected chi connectivity index (χ3v) is 4.04. The summed E-state index contributed by atoms with van der Waals surface area (Å²) in [7, 11) is 1.55. The van der Waals surface area contributed by atoms with Gasteiger partial charge in [-0.25, -0.2) is 9.78 Å². The predicted molar refractivity (Wildman–Crippen MR) is 94.7 cm³/mol. The molecular weight excluding hydrogens is 328 g/mol. The molecule has 0 saturated carbocycles. The van der Waals surface area contributed by atoms with E-state index in [4.69, 9.17) is 16.3 Å². The van der Waals surface area contributed by atoms with Crippen molar-refractivity contribution in [1.82, 2.24) is 4.98 Å². The van der Waals surface area contributed by atoms with Crippen LogP contribution in [0.1, 0.15) is 15.9 Å². The molecule has 1 heterocycles. The lowest BCUT2D eigenvalue weighted by Crippen LogP contribution is -2.06. The standard InChI is InChI=1S/C18H15ClN2O3/c1-10-5-3-7-13(19)15(10)20-17-12(18(22)23)9-11-6-4-8-14(24-2)16(11)21-17/h3-9H,1-2H3,(H,20,21)(H,22,23). The third kappa shape index (κ3) is 2.86. The number of rotatable bonds is 4. The summed E-state index contributed by atoms with van der Waals surface area (Å²) < 4.78 is 5.32. The Morgan fingerprint density at radius 3 is 2.67 bits per heavy atom. The average Bonchev–Trinajstić information content (AvgIpc) is 2.56. The molecule has 0 radical (unpaired) electrons. The van der Waals surface area contributed by atoms with E-state index < -0.39 is 5.97 Å². The minimum Gasteiger partial charge on any atom is -0.494 e. The minimum absolute atomic E-state index is 0.0649. The lowest BCUT2D eigenvalue weighted by atomic mass is 10.1. The van der Waals surface area contributed by atoms with Crippen molar-refractivity contribution in [1.29, 1.82) is 0 Å². The zero-order valence-electron chi connectivity index (χ0n) is 13.1. The number of aromatic carboxylic acids is 1. The van der Waals surface area contributed by atoms with Gasteiger partial charge in [0.25, 0.3) is 0 Å². The van der Waals surface area contributed by atoms with Crippen LogP contribution in [0, 0.1) is 6.92 Å². The van der Waals surface area contributed by atoms with Crippen LogP contribution in [-0.2, 0) is 0 Å². The molecule has 0 aliphatic heterocycles. The third-order valence-electron chi connectivity index (χ3n) is 3.72. The van der Waals surface area contributed by atoms with E-state index in [2.05, 4.69) is 10.3 Å². The number of hydrogen-bond acceptors (Lipinski definition) is 4. The second kappa shape index (κ2) is 6.37. The Labute approximate surface area is 143 Å². The topological polar surface area (TPSA) is 71.5 Å². The Bertz CT molecular complexity index is 921. The molecule has 0 saturated heterocycles. The largest absolute Gasteiger partial charge is 0.494 e. The summed E-state index contributed by atoms with van der Waals surface area (Å²) in [6.45, 7) is 1.89. The summed E-state index contributed by atoms with van der Waals surface area (Å²) in [4.78, 5) is 16.1. The number of benzene rings is 2. The number of nitrogens with zero attached hydrogens (tertiary/aromatic N) is 1. The van der Waals surface area contributed by atoms with Crippen LogP contribution in [0.4, 0.5) is 11.5 Å². The van der Waals surface area contributed by atoms with Gasteiger partial charge in [-0.1, -0.05) is 35.9 Å². The number of nitrogens with one attached hydrogen (secondary N) is 1. The van der Waals surface area contributed by atoms with E-state index in [0.29, 0.717) is 27.4 Å². The van der Waals surface area contributed by atoms with Crippen molar-refractivity contribution in [3.8, 4) is 5.75 Å². The number of anilines is 2. The van der Waals surface area contributed by atoms with Crippen LogP contribution in [0.25, 0.3) is 10.9 Å². The molecule has 0 bridgehead atoms. The Morgan fingerprint density at radius 1 is 1.25 bits per heavy atom. The average molecular weight is 343 g/mol. The molecule has 0 aliphatic carbocycles. The lowest BCUT2D eigenvalue weighted by molar-refractivity contribution is 0.0698. The molecule has 1 aromatic heterocycles. The number of carbonyl (C=O) groups is 1. The summed E-state index contributed by atoms with van der Waals surface area (Å²) in [5.41, 5.74) is 2.16. The van der Waals surface area contributed by atoms with Crippen LogP contribution in [0.15, 0.2) is 42.5 Å². The number of para-hydroxylation sites is 2. The molecule has 24 heavy (non-hydrogen) atoms. The molecule has 6 heteroatoms. The van der Waals surface area contributed by atoms with Crippen LogP contribution in [-0.4, -0.2) is 23.2 Å². The zero-order chi connectivity index (χ0) is 17.3. The molecule has 3 aromatic rings. The van der Waals surface area contributed by atoms with Gasteiger partial charge in [0.2, 0.25) is 0 Å². The molecule has 0 spiro atoms. The van der Waals surface area contributed by atoms with Gasteiger partial charge >= 0.3 is 5.97 Å². The maximum absolute atomic E-state index is 11.6. The highest BCUT2D eigenvalue weighted by molar-refractivity contribution is 6.33. The SMILES string of the molecule is COc1cccc2cc(C(=O)O)c(Nc3c(C)cccc3Cl)nc12. The number of methoxy groups -OCH3 is 1. The van der Waals surface area contributed by atoms with E-state index >= 15 is 0 Å². The number of halogens is 1. The number of aryl methyl sites for hydroxylation is 1. The highest BCUT2D eigenvalue weighted by Gasteiger charge is 2.17. The summed E-state index contributed by atoms with van der Waals surface area (Å²) in [5, 5.41) is 13.8. The molecule has 2 N–H and O–H groups in total. The van der Waals surface area contributed by atoms with Gasteiger partial charge in [0.05, 0.1) is 17.8 Å². The van der Waals surface area contributed by atoms with E-state index in [1.54, 1.807) is 37.4 Å². The molecular formula is C18H15ClN2O3. The van der Waals surface area contributed by atoms with Crippen molar-refractivity contribution in [3.63, 3.8) is 0 Å². The van der Waals surface area contributed by atoms with Crippen LogP contribution in [0.2, 0.25) is 5.02 Å². The number of fused-ring (bicyclic) bond motifs is 1. The van der Waals surface area contributed by atoms with Crippen molar-refractivity contribution < 1.29 is 14.6 Å². The number of carboxylic acids is 1. The molecule has 0 unspecified atom stereocenters. The van der Waals surface area contributed by atoms with Crippen molar-refractivity contribution in [2.24, 2.45) is 0 Å². The van der Waals surface area contributed by atoms with Gasteiger partial charge in [0.1, 0.15) is 22.6 Å². The Kier molecular flexibility index (Phi) is 4.27. The molecule has 5 nitrogen and oxygen atoms in total. The maximum atomic E-state index is 11.6. The van der Waals surface area contributed by atoms with Gasteiger partial charge in [-0.05, 0) is 30.7 Å². The van der Waals surface area contributed by atoms with E-state index in [1.807, 2.05) is 19.1 Å². The van der Waals surface area contributed by atoms with Gasteiger partial charge in [0.15, 0.2) is 0 Å². The number of hydrogen-bond donors (Lipinski definition) is 2. The van der Waals surface area contributed by atoms with Crippen molar-refractivity contribution in [2.75, 3.05) is 12.4 Å². The molecule has 0 fully saturated rings. The predicted octanol–water partition coefficient (Wildman–Crippen LogP) is 4.65. The first-order chi connectivity index (χ1) is 11.5. The van der Waals surface area contributed by atoms with Crippen LogP contribution in [0.3, 0.4) is 0 Å². The number of carboxylic acid groups (broad SMARTS) is 1. The van der Waals surface area contributed by atoms with Gasteiger partial charge in [0, 0.05) is 5.39 Å². The monoisotopic (exact) mass is 342 g/mol. The van der Waals surface area contributed by atoms with Crippen molar-refractivity contribution in [2.45, 2.75) is 6.92 Å². The van der Waals surface area contributed by atoms with Crippen LogP contribution >= 0.6 is 11.6 Å². The summed E-state index contributed by atoms with van der Waals surface area (Å²) in [6.07, 6.45) is 0. The van der Waals surface area contributed by atoms with Crippen molar-refractivity contribution >= 4 is 40.0 Å². The van der Waals surface area contributed by atoms with E-state index in [-0.39, 0.29) is 11.4 Å². The number of pyridine rings is 1. The molecule has 0 aliphatic rings. The van der Waals surface area contributed by atoms with Gasteiger partial charge in [-0.2, -0.15) is 0 Å². The number of aromatic nitrogens is 1. The number of ether oxygens (including phenoxy) is 1. The zero-order valence-corrected chi connectivity index (χ0v) is 13.9. The van der Waals surface area contributed by atoms with Crippen molar-refractivity contribution in [3.05, 3.63) is 58.6 Å². The fourth-order valence-electron chi connectivity index (χ4n) is 2.50. The Hall–Kier alpha value is -2.79.